The summed E-state index contributed by atoms with van der Waals surface area (Å²) < 4.78 is 23.7. The Hall–Kier alpha value is -1.54. The van der Waals surface area contributed by atoms with E-state index < -0.39 is 8.25 Å². The molecule has 2 unspecified atom stereocenters. The van der Waals surface area contributed by atoms with E-state index in [1.54, 1.807) is 0 Å². The van der Waals surface area contributed by atoms with Crippen LogP contribution in [-0.4, -0.2) is 6.10 Å². The number of benzene rings is 2. The molecule has 2 aliphatic carbocycles. The van der Waals surface area contributed by atoms with E-state index in [0.29, 0.717) is 0 Å². The molecule has 3 nitrogen and oxygen atoms in total. The molecule has 0 radical (unpaired) electrons. The van der Waals surface area contributed by atoms with E-state index >= 15 is 0 Å². The van der Waals surface area contributed by atoms with Gasteiger partial charge in [-0.05, 0) is 40.8 Å². The third-order valence-electron chi connectivity index (χ3n) is 4.71. The van der Waals surface area contributed by atoms with Crippen LogP contribution in [0.15, 0.2) is 42.5 Å². The molecule has 2 aliphatic rings. The molecule has 0 bridgehead atoms. The molecule has 4 heteroatoms. The van der Waals surface area contributed by atoms with Crippen molar-refractivity contribution < 1.29 is 13.6 Å². The van der Waals surface area contributed by atoms with Gasteiger partial charge in [0, 0.05) is 4.57 Å². The Kier molecular flexibility index (Phi) is 4.26. The summed E-state index contributed by atoms with van der Waals surface area (Å²) in [5.74, 6) is 0. The van der Waals surface area contributed by atoms with Gasteiger partial charge in [-0.3, -0.25) is 0 Å². The molecule has 0 spiro atoms. The van der Waals surface area contributed by atoms with Crippen LogP contribution in [0.2, 0.25) is 0 Å². The average Bonchev–Trinajstić information content (AvgIpc) is 2.58. The molecule has 1 fully saturated rings. The molecule has 1 saturated carbocycles. The van der Waals surface area contributed by atoms with E-state index in [2.05, 4.69) is 24.3 Å². The number of rotatable bonds is 4. The van der Waals surface area contributed by atoms with Crippen molar-refractivity contribution in [3.8, 4) is 0 Å². The quantitative estimate of drug-likeness (QED) is 0.653. The molecule has 2 atom stereocenters. The van der Waals surface area contributed by atoms with Gasteiger partial charge >= 0.3 is 8.25 Å². The van der Waals surface area contributed by atoms with Crippen molar-refractivity contribution in [3.63, 3.8) is 0 Å². The number of hydrogen-bond acceptors (Lipinski definition) is 3. The van der Waals surface area contributed by atoms with Gasteiger partial charge in [0.2, 0.25) is 0 Å². The summed E-state index contributed by atoms with van der Waals surface area (Å²) in [4.78, 5) is 0. The van der Waals surface area contributed by atoms with Gasteiger partial charge < -0.3 is 0 Å². The van der Waals surface area contributed by atoms with Crippen LogP contribution in [-0.2, 0) is 13.6 Å². The average molecular weight is 327 g/mol. The van der Waals surface area contributed by atoms with Gasteiger partial charge in [-0.1, -0.05) is 61.7 Å². The van der Waals surface area contributed by atoms with Crippen molar-refractivity contribution in [1.82, 2.24) is 0 Å². The molecular weight excluding hydrogens is 307 g/mol. The fourth-order valence-electron chi connectivity index (χ4n) is 3.57. The second-order valence-corrected chi connectivity index (χ2v) is 7.14. The van der Waals surface area contributed by atoms with Crippen molar-refractivity contribution >= 4 is 25.1 Å². The van der Waals surface area contributed by atoms with Crippen LogP contribution < -0.4 is 0 Å². The monoisotopic (exact) mass is 327 g/mol. The van der Waals surface area contributed by atoms with Gasteiger partial charge in [0.05, 0.1) is 0 Å². The molecule has 0 aromatic heterocycles. The Morgan fingerprint density at radius 1 is 0.957 bits per heavy atom. The predicted octanol–water partition coefficient (Wildman–Crippen LogP) is 5.93. The highest BCUT2D eigenvalue weighted by Gasteiger charge is 2.33. The fraction of sp³-hybridized carbons (Fsp3) is 0.368. The summed E-state index contributed by atoms with van der Waals surface area (Å²) in [6.07, 6.45) is 9.34. The van der Waals surface area contributed by atoms with Crippen molar-refractivity contribution in [1.29, 1.82) is 0 Å². The SMILES string of the molecule is O=[P+](OC1CCCCC1)OC1C=Cc2cccc3cccc1c23. The zero-order valence-corrected chi connectivity index (χ0v) is 13.9. The Morgan fingerprint density at radius 3 is 2.57 bits per heavy atom. The van der Waals surface area contributed by atoms with Gasteiger partial charge in [-0.25, -0.2) is 0 Å². The zero-order chi connectivity index (χ0) is 15.6. The molecule has 0 N–H and O–H groups in total. The van der Waals surface area contributed by atoms with Crippen LogP contribution in [0, 0.1) is 0 Å². The Labute approximate surface area is 137 Å². The van der Waals surface area contributed by atoms with E-state index in [1.807, 2.05) is 24.3 Å². The van der Waals surface area contributed by atoms with E-state index in [-0.39, 0.29) is 12.2 Å². The van der Waals surface area contributed by atoms with Gasteiger partial charge in [-0.2, -0.15) is 0 Å². The van der Waals surface area contributed by atoms with Gasteiger partial charge in [0.1, 0.15) is 6.10 Å². The van der Waals surface area contributed by atoms with Gasteiger partial charge in [0.25, 0.3) is 0 Å². The molecule has 2 aromatic carbocycles. The van der Waals surface area contributed by atoms with Crippen molar-refractivity contribution in [2.24, 2.45) is 0 Å². The lowest BCUT2D eigenvalue weighted by atomic mass is 9.92. The topological polar surface area (TPSA) is 35.5 Å². The van der Waals surface area contributed by atoms with Gasteiger partial charge in [0.15, 0.2) is 6.10 Å². The molecule has 0 amide bonds. The highest BCUT2D eigenvalue weighted by Crippen LogP contribution is 2.42. The molecule has 23 heavy (non-hydrogen) atoms. The summed E-state index contributed by atoms with van der Waals surface area (Å²) in [7, 11) is -2.10. The molecule has 118 valence electrons. The summed E-state index contributed by atoms with van der Waals surface area (Å²) >= 11 is 0. The maximum absolute atomic E-state index is 12.3. The van der Waals surface area contributed by atoms with Crippen LogP contribution in [0.5, 0.6) is 0 Å². The fourth-order valence-corrected chi connectivity index (χ4v) is 4.45. The molecular formula is C19H20O3P+. The molecule has 0 heterocycles. The maximum atomic E-state index is 12.3. The first-order chi connectivity index (χ1) is 11.3. The summed E-state index contributed by atoms with van der Waals surface area (Å²) in [6.45, 7) is 0. The summed E-state index contributed by atoms with van der Waals surface area (Å²) in [5, 5.41) is 2.37. The van der Waals surface area contributed by atoms with E-state index in [9.17, 15) is 4.57 Å². The third kappa shape index (κ3) is 3.10. The summed E-state index contributed by atoms with van der Waals surface area (Å²) in [6, 6.07) is 12.4. The molecule has 4 rings (SSSR count). The second kappa shape index (κ2) is 6.52. The second-order valence-electron chi connectivity index (χ2n) is 6.27. The van der Waals surface area contributed by atoms with Crippen LogP contribution >= 0.6 is 8.25 Å². The molecule has 0 aliphatic heterocycles. The van der Waals surface area contributed by atoms with Crippen molar-refractivity contribution in [2.45, 2.75) is 44.3 Å². The smallest absolute Gasteiger partial charge is 0.116 e. The summed E-state index contributed by atoms with van der Waals surface area (Å²) in [5.41, 5.74) is 2.25. The molecule has 0 saturated heterocycles. The highest BCUT2D eigenvalue weighted by atomic mass is 31.1. The predicted molar refractivity (Wildman–Crippen MR) is 92.4 cm³/mol. The van der Waals surface area contributed by atoms with Crippen LogP contribution in [0.3, 0.4) is 0 Å². The minimum Gasteiger partial charge on any atom is -0.116 e. The third-order valence-corrected chi connectivity index (χ3v) is 5.58. The van der Waals surface area contributed by atoms with Crippen LogP contribution in [0.1, 0.15) is 49.3 Å². The lowest BCUT2D eigenvalue weighted by molar-refractivity contribution is 0.119. The minimum absolute atomic E-state index is 0.0861. The normalized spacial score (nSPS) is 21.6. The Morgan fingerprint density at radius 2 is 1.74 bits per heavy atom. The maximum Gasteiger partial charge on any atom is 0.698 e. The first kappa shape index (κ1) is 15.0. The lowest BCUT2D eigenvalue weighted by Gasteiger charge is -2.18. The Bertz CT molecular complexity index is 757. The van der Waals surface area contributed by atoms with Crippen LogP contribution in [0.4, 0.5) is 0 Å². The van der Waals surface area contributed by atoms with E-state index in [4.69, 9.17) is 9.05 Å². The van der Waals surface area contributed by atoms with Crippen LogP contribution in [0.25, 0.3) is 16.8 Å². The van der Waals surface area contributed by atoms with Crippen molar-refractivity contribution in [3.05, 3.63) is 53.6 Å². The zero-order valence-electron chi connectivity index (χ0n) is 13.0. The van der Waals surface area contributed by atoms with Crippen molar-refractivity contribution in [2.75, 3.05) is 0 Å². The van der Waals surface area contributed by atoms with E-state index in [1.165, 1.54) is 22.8 Å². The number of hydrogen-bond donors (Lipinski definition) is 0. The minimum atomic E-state index is -2.10. The largest absolute Gasteiger partial charge is 0.698 e. The highest BCUT2D eigenvalue weighted by molar-refractivity contribution is 7.33. The van der Waals surface area contributed by atoms with E-state index in [0.717, 1.165) is 31.2 Å². The first-order valence-electron chi connectivity index (χ1n) is 8.32. The standard InChI is InChI=1S/C19H20O3P/c20-23(21-16-9-2-1-3-10-16)22-18-13-12-15-7-4-6-14-8-5-11-17(18)19(14)15/h4-8,11-13,16,18H,1-3,9-10H2/q+1. The first-order valence-corrected chi connectivity index (χ1v) is 9.41. The Balaban J connectivity index is 1.53. The molecule has 2 aromatic rings. The van der Waals surface area contributed by atoms with Gasteiger partial charge in [-0.15, -0.1) is 9.05 Å². The lowest BCUT2D eigenvalue weighted by Crippen LogP contribution is -2.14.